The first-order valence-electron chi connectivity index (χ1n) is 5.82. The number of aliphatic imine (C=N–C) groups is 2. The number of hydrogen-bond donors (Lipinski definition) is 0. The first-order valence-corrected chi connectivity index (χ1v) is 6.64. The van der Waals surface area contributed by atoms with Crippen LogP contribution >= 0.6 is 24.4 Å². The molecular formula is C14H6N4O2S2. The Morgan fingerprint density at radius 1 is 0.864 bits per heavy atom. The van der Waals surface area contributed by atoms with Gasteiger partial charge in [0.1, 0.15) is 0 Å². The van der Waals surface area contributed by atoms with Crippen molar-refractivity contribution in [3.05, 3.63) is 47.8 Å². The lowest BCUT2D eigenvalue weighted by molar-refractivity contribution is 0.0995. The smallest absolute Gasteiger partial charge is 0.266 e. The quantitative estimate of drug-likeness (QED) is 0.637. The molecule has 22 heavy (non-hydrogen) atoms. The van der Waals surface area contributed by atoms with Gasteiger partial charge in [0.2, 0.25) is 0 Å². The van der Waals surface area contributed by atoms with Crippen LogP contribution in [-0.4, -0.2) is 32.1 Å². The van der Waals surface area contributed by atoms with E-state index in [1.807, 2.05) is 10.3 Å². The van der Waals surface area contributed by atoms with Crippen molar-refractivity contribution in [1.29, 1.82) is 0 Å². The molecule has 0 saturated heterocycles. The minimum absolute atomic E-state index is 0.290. The first-order chi connectivity index (χ1) is 10.7. The Hall–Kier alpha value is -2.76. The molecule has 0 fully saturated rings. The normalized spacial score (nSPS) is 9.27. The van der Waals surface area contributed by atoms with E-state index in [0.29, 0.717) is 11.4 Å². The fourth-order valence-electron chi connectivity index (χ4n) is 1.62. The largest absolute Gasteiger partial charge is 0.285 e. The van der Waals surface area contributed by atoms with Gasteiger partial charge in [0.15, 0.2) is 0 Å². The third-order valence-corrected chi connectivity index (χ3v) is 2.75. The molecule has 2 aromatic heterocycles. The van der Waals surface area contributed by atoms with E-state index in [1.165, 1.54) is 36.7 Å². The van der Waals surface area contributed by atoms with E-state index >= 15 is 0 Å². The molecule has 0 unspecified atom stereocenters. The van der Waals surface area contributed by atoms with Crippen molar-refractivity contribution in [3.63, 3.8) is 0 Å². The van der Waals surface area contributed by atoms with Gasteiger partial charge in [0.25, 0.3) is 11.8 Å². The molecule has 8 heteroatoms. The Bertz CT molecular complexity index is 782. The molecule has 0 bridgehead atoms. The highest BCUT2D eigenvalue weighted by molar-refractivity contribution is 7.78. The second kappa shape index (κ2) is 7.31. The van der Waals surface area contributed by atoms with E-state index in [2.05, 4.69) is 44.4 Å². The Labute approximate surface area is 135 Å². The number of aromatic nitrogens is 2. The molecular weight excluding hydrogens is 320 g/mol. The van der Waals surface area contributed by atoms with Crippen molar-refractivity contribution in [1.82, 2.24) is 9.97 Å². The average molecular weight is 326 g/mol. The molecule has 0 aliphatic carbocycles. The fourth-order valence-corrected chi connectivity index (χ4v) is 1.79. The van der Waals surface area contributed by atoms with Crippen LogP contribution < -0.4 is 0 Å². The summed E-state index contributed by atoms with van der Waals surface area (Å²) in [6.07, 6.45) is 2.87. The lowest BCUT2D eigenvalue weighted by atomic mass is 10.1. The van der Waals surface area contributed by atoms with Gasteiger partial charge in [-0.3, -0.25) is 19.6 Å². The highest BCUT2D eigenvalue weighted by Gasteiger charge is 2.10. The van der Waals surface area contributed by atoms with E-state index in [0.717, 1.165) is 0 Å². The van der Waals surface area contributed by atoms with Crippen LogP contribution in [-0.2, 0) is 0 Å². The molecule has 0 radical (unpaired) electrons. The van der Waals surface area contributed by atoms with E-state index < -0.39 is 11.8 Å². The predicted molar refractivity (Wildman–Crippen MR) is 86.2 cm³/mol. The van der Waals surface area contributed by atoms with Crippen molar-refractivity contribution < 1.29 is 9.59 Å². The summed E-state index contributed by atoms with van der Waals surface area (Å²) in [5, 5.41) is 4.02. The number of rotatable bonds is 3. The van der Waals surface area contributed by atoms with Crippen molar-refractivity contribution in [2.75, 3.05) is 0 Å². The summed E-state index contributed by atoms with van der Waals surface area (Å²) in [6.45, 7) is 0. The summed E-state index contributed by atoms with van der Waals surface area (Å²) < 4.78 is 0. The topological polar surface area (TPSA) is 84.6 Å². The van der Waals surface area contributed by atoms with Crippen LogP contribution in [0.1, 0.15) is 20.7 Å². The monoisotopic (exact) mass is 326 g/mol. The zero-order valence-electron chi connectivity index (χ0n) is 10.9. The molecule has 2 amide bonds. The molecule has 0 atom stereocenters. The summed E-state index contributed by atoms with van der Waals surface area (Å²) in [7, 11) is 0. The highest BCUT2D eigenvalue weighted by atomic mass is 32.1. The summed E-state index contributed by atoms with van der Waals surface area (Å²) in [5.74, 6) is -1.06. The lowest BCUT2D eigenvalue weighted by Gasteiger charge is -2.02. The molecule has 0 spiro atoms. The molecule has 0 aliphatic rings. The van der Waals surface area contributed by atoms with Gasteiger partial charge in [0, 0.05) is 23.5 Å². The van der Waals surface area contributed by atoms with E-state index in [1.54, 1.807) is 0 Å². The molecule has 106 valence electrons. The number of thiocarbonyl (C=S) groups is 2. The molecule has 0 aliphatic heterocycles. The Morgan fingerprint density at radius 3 is 1.64 bits per heavy atom. The minimum atomic E-state index is -0.531. The van der Waals surface area contributed by atoms with Gasteiger partial charge in [-0.15, -0.1) is 0 Å². The van der Waals surface area contributed by atoms with Crippen molar-refractivity contribution in [2.24, 2.45) is 9.98 Å². The molecule has 2 aromatic rings. The third-order valence-electron chi connectivity index (χ3n) is 2.57. The van der Waals surface area contributed by atoms with Crippen LogP contribution in [0.25, 0.3) is 11.4 Å². The summed E-state index contributed by atoms with van der Waals surface area (Å²) in [4.78, 5) is 38.3. The van der Waals surface area contributed by atoms with E-state index in [4.69, 9.17) is 0 Å². The summed E-state index contributed by atoms with van der Waals surface area (Å²) in [6, 6.07) is 5.98. The van der Waals surface area contributed by atoms with Crippen LogP contribution in [0, 0.1) is 0 Å². The lowest BCUT2D eigenvalue weighted by Crippen LogP contribution is -1.99. The minimum Gasteiger partial charge on any atom is -0.266 e. The zero-order valence-corrected chi connectivity index (χ0v) is 12.5. The highest BCUT2D eigenvalue weighted by Crippen LogP contribution is 2.17. The zero-order chi connectivity index (χ0) is 15.9. The third kappa shape index (κ3) is 3.66. The van der Waals surface area contributed by atoms with Gasteiger partial charge in [-0.2, -0.15) is 9.98 Å². The Kier molecular flexibility index (Phi) is 5.19. The Balaban J connectivity index is 2.44. The van der Waals surface area contributed by atoms with E-state index in [-0.39, 0.29) is 11.1 Å². The van der Waals surface area contributed by atoms with Crippen molar-refractivity contribution >= 4 is 46.6 Å². The van der Waals surface area contributed by atoms with Gasteiger partial charge in [0.05, 0.1) is 21.7 Å². The number of pyridine rings is 2. The van der Waals surface area contributed by atoms with Crippen LogP contribution in [0.2, 0.25) is 0 Å². The fraction of sp³-hybridized carbons (Fsp3) is 0. The van der Waals surface area contributed by atoms with Crippen molar-refractivity contribution in [3.8, 4) is 11.4 Å². The summed E-state index contributed by atoms with van der Waals surface area (Å²) in [5.41, 5.74) is 1.40. The SMILES string of the molecule is O=C(N=C=S)c1ccnc(-c2cc(C(=O)N=C=S)ccn2)c1. The number of amides is 2. The predicted octanol–water partition coefficient (Wildman–Crippen LogP) is 2.63. The maximum absolute atomic E-state index is 11.7. The second-order valence-electron chi connectivity index (χ2n) is 3.88. The number of carbonyl (C=O) groups is 2. The van der Waals surface area contributed by atoms with Crippen LogP contribution in [0.5, 0.6) is 0 Å². The van der Waals surface area contributed by atoms with Gasteiger partial charge in [-0.05, 0) is 48.7 Å². The van der Waals surface area contributed by atoms with Gasteiger partial charge >= 0.3 is 0 Å². The van der Waals surface area contributed by atoms with Gasteiger partial charge < -0.3 is 0 Å². The number of carbonyl (C=O) groups excluding carboxylic acids is 2. The molecule has 2 rings (SSSR count). The van der Waals surface area contributed by atoms with Crippen LogP contribution in [0.3, 0.4) is 0 Å². The summed E-state index contributed by atoms with van der Waals surface area (Å²) >= 11 is 8.79. The molecule has 0 N–H and O–H groups in total. The molecule has 0 saturated carbocycles. The van der Waals surface area contributed by atoms with E-state index in [9.17, 15) is 9.59 Å². The van der Waals surface area contributed by atoms with Crippen LogP contribution in [0.15, 0.2) is 46.6 Å². The van der Waals surface area contributed by atoms with Crippen LogP contribution in [0.4, 0.5) is 0 Å². The average Bonchev–Trinajstić information content (AvgIpc) is 2.55. The standard InChI is InChI=1S/C14H6N4O2S2/c19-13(17-7-21)9-1-3-15-11(5-9)12-6-10(2-4-16-12)14(20)18-8-22/h1-6H. The number of isothiocyanates is 2. The van der Waals surface area contributed by atoms with Gasteiger partial charge in [-0.1, -0.05) is 0 Å². The van der Waals surface area contributed by atoms with Crippen molar-refractivity contribution in [2.45, 2.75) is 0 Å². The maximum atomic E-state index is 11.7. The number of nitrogens with zero attached hydrogens (tertiary/aromatic N) is 4. The molecule has 0 aromatic carbocycles. The second-order valence-corrected chi connectivity index (χ2v) is 4.24. The number of hydrogen-bond acceptors (Lipinski definition) is 6. The molecule has 6 nitrogen and oxygen atoms in total. The maximum Gasteiger partial charge on any atom is 0.285 e. The molecule has 2 heterocycles. The van der Waals surface area contributed by atoms with Gasteiger partial charge in [-0.25, -0.2) is 0 Å². The Morgan fingerprint density at radius 2 is 1.27 bits per heavy atom. The first kappa shape index (κ1) is 15.6.